The first-order valence-corrected chi connectivity index (χ1v) is 40.6. The highest BCUT2D eigenvalue weighted by Gasteiger charge is 2.45. The fourth-order valence-corrected chi connectivity index (χ4v) is 14.1. The molecule has 108 heavy (non-hydrogen) atoms. The molecule has 6 unspecified atom stereocenters. The summed E-state index contributed by atoms with van der Waals surface area (Å²) in [5.41, 5.74) is 0.152. The SMILES string of the molecule is CC(C)(Oc1ccc(Cl)cc1C(F)(F)F)C(=O)NC1CC2CCC(C1)N2c1ccc(S(C)(=O)=O)cn1.CC(C)(Oc1ccc(Cl)cc1C(F)(F)F)C(=O)O.CC1CC(NC(=O)OC(C)(C)C)CCN1.CS(=O)(=O)c1ccc(Br)nc1.CS(=O)(=O)c1ccc(N2C3CCC2CC(N)C3)nc1.Cl.Cl.[B][B]B([B])B([B])[B]. The molecule has 6 N–H and O–H groups in total. The van der Waals surface area contributed by atoms with E-state index in [0.29, 0.717) is 53.5 Å². The highest BCUT2D eigenvalue weighted by molar-refractivity contribution is 9.10. The van der Waals surface area contributed by atoms with Gasteiger partial charge in [0.25, 0.3) is 5.91 Å². The van der Waals surface area contributed by atoms with Crippen molar-refractivity contribution in [2.24, 2.45) is 5.73 Å². The maximum Gasteiger partial charge on any atom is 0.420 e. The molecular formula is C65H86B7BrCl4F6N9O13S3. The molecule has 5 aliphatic heterocycles. The van der Waals surface area contributed by atoms with Gasteiger partial charge in [0.15, 0.2) is 40.7 Å². The first kappa shape index (κ1) is 96.9. The molecule has 585 valence electrons. The van der Waals surface area contributed by atoms with Crippen molar-refractivity contribution in [3.8, 4) is 11.5 Å². The number of carbonyl (C=O) groups is 3. The van der Waals surface area contributed by atoms with Crippen LogP contribution >= 0.6 is 63.9 Å². The Balaban J connectivity index is 0.000000361. The molecule has 22 nitrogen and oxygen atoms in total. The summed E-state index contributed by atoms with van der Waals surface area (Å²) in [6.45, 7) is 13.9. The van der Waals surface area contributed by atoms with Crippen LogP contribution < -0.4 is 41.0 Å². The lowest BCUT2D eigenvalue weighted by atomic mass is 8.76. The standard InChI is InChI=1S/C24H27ClF3N3O4S.C13H19N3O2S.C11H10ClF3O3.C11H22N2O2.C6H6BrNO2S.B7.2ClH/c1-23(2,35-20-8-4-14(25)10-19(20)24(26,27)28)22(32)30-15-11-16-5-6-17(12-15)31(16)21-9-7-18(13-29-21)36(3,33)34;1-19(17,18)12-4-5-13(15-8-12)16-10-2-3-11(16)7-9(14)6-10;1-10(2,9(16)17)18-8-4-3-6(12)5-7(8)11(13,14)15;1-8-7-9(5-6-12-8)13-10(14)15-11(2,3)4;1-11(9,10)5-2-3-6(7)8-4-5;1-5-7(4)6(2)3;;/h4,7-10,13,15-17H,5-6,11-12H2,1-3H3,(H,30,32);4-5,8-11H,2-3,6-7,14H2,1H3;3-5H,1-2H3,(H,16,17);8-9,12H,5-7H2,1-4H3,(H,13,14);2-4H,1H3;;2*1H. The van der Waals surface area contributed by atoms with Gasteiger partial charge < -0.3 is 50.8 Å². The predicted molar refractivity (Wildman–Crippen MR) is 421 cm³/mol. The lowest BCUT2D eigenvalue weighted by molar-refractivity contribution is -0.155. The van der Waals surface area contributed by atoms with Crippen LogP contribution in [0.1, 0.15) is 131 Å². The third kappa shape index (κ3) is 30.3. The van der Waals surface area contributed by atoms with Gasteiger partial charge in [-0.05, 0) is 215 Å². The van der Waals surface area contributed by atoms with E-state index in [1.165, 1.54) is 70.0 Å². The molecule has 0 saturated carbocycles. The van der Waals surface area contributed by atoms with Gasteiger partial charge >= 0.3 is 24.4 Å². The molecule has 43 heteroatoms. The Labute approximate surface area is 666 Å². The third-order valence-electron chi connectivity index (χ3n) is 17.1. The smallest absolute Gasteiger partial charge is 0.420 e. The first-order valence-electron chi connectivity index (χ1n) is 33.4. The minimum Gasteiger partial charge on any atom is -0.478 e. The average Bonchev–Trinajstić information content (AvgIpc) is 1.70. The Morgan fingerprint density at radius 2 is 1.02 bits per heavy atom. The number of nitrogens with two attached hydrogens (primary N) is 1. The van der Waals surface area contributed by atoms with Crippen molar-refractivity contribution >= 4 is 174 Å². The summed E-state index contributed by atoms with van der Waals surface area (Å²) in [5.74, 6) is -1.35. The second kappa shape index (κ2) is 40.5. The predicted octanol–water partition coefficient (Wildman–Crippen LogP) is 10.3. The van der Waals surface area contributed by atoms with E-state index in [9.17, 15) is 66.0 Å². The number of nitrogens with one attached hydrogen (secondary N) is 3. The number of alkyl halides is 6. The monoisotopic (exact) mass is 1710 g/mol. The van der Waals surface area contributed by atoms with E-state index in [1.807, 2.05) is 26.8 Å². The van der Waals surface area contributed by atoms with Crippen LogP contribution in [0.4, 0.5) is 42.8 Å². The number of carboxylic acid groups (broad SMARTS) is 1. The number of carbonyl (C=O) groups excluding carboxylic acids is 2. The number of halogens is 11. The van der Waals surface area contributed by atoms with Crippen molar-refractivity contribution in [3.63, 3.8) is 0 Å². The highest BCUT2D eigenvalue weighted by Crippen LogP contribution is 2.43. The number of rotatable bonds is 15. The fraction of sp³-hybridized carbons (Fsp3) is 0.538. The van der Waals surface area contributed by atoms with Crippen molar-refractivity contribution < 1.29 is 85.3 Å². The number of pyridine rings is 3. The summed E-state index contributed by atoms with van der Waals surface area (Å²) < 4.78 is 163. The van der Waals surface area contributed by atoms with Gasteiger partial charge in [-0.25, -0.2) is 49.8 Å². The van der Waals surface area contributed by atoms with E-state index in [1.54, 1.807) is 18.2 Å². The lowest BCUT2D eigenvalue weighted by Crippen LogP contribution is -2.55. The number of piperidine rings is 3. The number of carboxylic acids is 1. The molecule has 2 aromatic carbocycles. The van der Waals surface area contributed by atoms with E-state index in [2.05, 4.69) is 63.6 Å². The molecule has 5 aliphatic rings. The number of aromatic nitrogens is 3. The Morgan fingerprint density at radius 3 is 1.34 bits per heavy atom. The maximum absolute atomic E-state index is 13.4. The number of alkyl carbamates (subject to hydrolysis) is 1. The van der Waals surface area contributed by atoms with Crippen LogP contribution in [0, 0.1) is 0 Å². The van der Waals surface area contributed by atoms with E-state index in [0.717, 1.165) is 108 Å². The van der Waals surface area contributed by atoms with Crippen molar-refractivity contribution in [2.75, 3.05) is 35.1 Å². The molecule has 6 atom stereocenters. The topological polar surface area (TPSA) is 309 Å². The Kier molecular flexibility index (Phi) is 36.3. The second-order valence-corrected chi connectivity index (χ2v) is 35.9. The normalized spacial score (nSPS) is 20.3. The number of nitrogens with zero attached hydrogens (tertiary/aromatic N) is 5. The minimum absolute atomic E-state index is 0. The van der Waals surface area contributed by atoms with E-state index >= 15 is 0 Å². The van der Waals surface area contributed by atoms with Gasteiger partial charge in [-0.15, -0.1) is 24.8 Å². The number of hydrogen-bond donors (Lipinski definition) is 5. The molecule has 5 aromatic rings. The molecule has 10 rings (SSSR count). The lowest BCUT2D eigenvalue weighted by Gasteiger charge is -2.41. The van der Waals surface area contributed by atoms with Crippen LogP contribution in [0.5, 0.6) is 11.5 Å². The van der Waals surface area contributed by atoms with Crippen LogP contribution in [0.15, 0.2) is 111 Å². The van der Waals surface area contributed by atoms with Gasteiger partial charge in [0.2, 0.25) is 0 Å². The van der Waals surface area contributed by atoms with Crippen molar-refractivity contribution in [1.29, 1.82) is 0 Å². The summed E-state index contributed by atoms with van der Waals surface area (Å²) in [6.07, 6.45) is 6.34. The first-order chi connectivity index (χ1) is 48.7. The zero-order valence-corrected chi connectivity index (χ0v) is 68.4. The van der Waals surface area contributed by atoms with E-state index < -0.39 is 99.6 Å². The van der Waals surface area contributed by atoms with Crippen LogP contribution in [-0.2, 0) is 56.2 Å². The summed E-state index contributed by atoms with van der Waals surface area (Å²) in [6, 6.07) is 17.8. The van der Waals surface area contributed by atoms with Crippen LogP contribution in [0.3, 0.4) is 0 Å². The quantitative estimate of drug-likeness (QED) is 0.0370. The zero-order chi connectivity index (χ0) is 80.0. The van der Waals surface area contributed by atoms with Gasteiger partial charge in [-0.1, -0.05) is 23.2 Å². The number of fused-ring (bicyclic) bond motifs is 4. The molecule has 0 aliphatic carbocycles. The summed E-state index contributed by atoms with van der Waals surface area (Å²) in [4.78, 5) is 53.0. The number of hydrogen-bond acceptors (Lipinski definition) is 19. The molecule has 5 fully saturated rings. The molecule has 9 radical (unpaired) electrons. The fourth-order valence-electron chi connectivity index (χ4n) is 11.8. The van der Waals surface area contributed by atoms with Crippen molar-refractivity contribution in [1.82, 2.24) is 30.9 Å². The van der Waals surface area contributed by atoms with Gasteiger partial charge in [0.1, 0.15) is 33.3 Å². The summed E-state index contributed by atoms with van der Waals surface area (Å²) in [7, 11) is 12.0. The highest BCUT2D eigenvalue weighted by atomic mass is 79.9. The minimum atomic E-state index is -4.69. The summed E-state index contributed by atoms with van der Waals surface area (Å²) in [5, 5.41) is 17.8. The van der Waals surface area contributed by atoms with Gasteiger partial charge in [0, 0.05) is 147 Å². The number of sulfone groups is 3. The van der Waals surface area contributed by atoms with Gasteiger partial charge in [-0.2, -0.15) is 26.3 Å². The summed E-state index contributed by atoms with van der Waals surface area (Å²) >= 11 is 14.3. The Morgan fingerprint density at radius 1 is 0.620 bits per heavy atom. The molecule has 3 aromatic heterocycles. The van der Waals surface area contributed by atoms with Crippen LogP contribution in [0.2, 0.25) is 10.0 Å². The molecule has 8 heterocycles. The molecule has 4 bridgehead atoms. The number of benzene rings is 2. The number of aliphatic carboxylic acids is 1. The maximum atomic E-state index is 13.4. The Bertz CT molecular complexity index is 4130. The van der Waals surface area contributed by atoms with Crippen LogP contribution in [-0.4, -0.2) is 205 Å². The van der Waals surface area contributed by atoms with E-state index in [-0.39, 0.29) is 86.2 Å². The van der Waals surface area contributed by atoms with Gasteiger partial charge in [-0.3, -0.25) is 4.79 Å². The molecule has 0 spiro atoms. The van der Waals surface area contributed by atoms with Crippen molar-refractivity contribution in [3.05, 3.63) is 117 Å². The Hall–Kier alpha value is -5.26. The van der Waals surface area contributed by atoms with Crippen LogP contribution in [0.25, 0.3) is 0 Å². The molecule has 2 amide bonds. The largest absolute Gasteiger partial charge is 0.478 e. The number of anilines is 2. The molecule has 5 saturated heterocycles. The average molecular weight is 1710 g/mol. The van der Waals surface area contributed by atoms with Crippen molar-refractivity contribution in [2.45, 2.75) is 212 Å². The number of ether oxygens (including phenoxy) is 3. The molecular weight excluding hydrogens is 1620 g/mol. The number of amides is 2. The third-order valence-corrected chi connectivity index (χ3v) is 21.3. The van der Waals surface area contributed by atoms with Gasteiger partial charge in [0.05, 0.1) is 25.8 Å². The zero-order valence-electron chi connectivity index (χ0n) is 61.2. The second-order valence-electron chi connectivity index (χ2n) is 28.2. The van der Waals surface area contributed by atoms with E-state index in [4.69, 9.17) is 79.2 Å².